The number of pyridine rings is 1. The molecule has 10 heteroatoms. The Hall–Kier alpha value is -3.66. The zero-order chi connectivity index (χ0) is 23.0. The van der Waals surface area contributed by atoms with Gasteiger partial charge in [-0.05, 0) is 25.1 Å². The summed E-state index contributed by atoms with van der Waals surface area (Å²) in [6.07, 6.45) is 0. The molecule has 0 aliphatic carbocycles. The Kier molecular flexibility index (Phi) is 5.47. The molecule has 2 aromatic heterocycles. The molecule has 7 nitrogen and oxygen atoms in total. The number of hydrogen-bond acceptors (Lipinski definition) is 5. The maximum atomic E-state index is 13.3. The predicted molar refractivity (Wildman–Crippen MR) is 116 cm³/mol. The van der Waals surface area contributed by atoms with Crippen LogP contribution < -0.4 is 5.32 Å². The lowest BCUT2D eigenvalue weighted by Crippen LogP contribution is -2.18. The van der Waals surface area contributed by atoms with E-state index in [-0.39, 0.29) is 11.3 Å². The van der Waals surface area contributed by atoms with E-state index >= 15 is 0 Å². The van der Waals surface area contributed by atoms with Gasteiger partial charge in [0.15, 0.2) is 5.65 Å². The van der Waals surface area contributed by atoms with Crippen molar-refractivity contribution in [3.05, 3.63) is 71.9 Å². The number of carbonyl (C=O) groups is 1. The maximum absolute atomic E-state index is 13.3. The van der Waals surface area contributed by atoms with Gasteiger partial charge in [0.25, 0.3) is 5.91 Å². The van der Waals surface area contributed by atoms with Gasteiger partial charge in [0.05, 0.1) is 32.9 Å². The number of amides is 1. The van der Waals surface area contributed by atoms with Crippen molar-refractivity contribution in [2.45, 2.75) is 17.6 Å². The highest BCUT2D eigenvalue weighted by molar-refractivity contribution is 7.91. The molecule has 32 heavy (non-hydrogen) atoms. The fourth-order valence-corrected chi connectivity index (χ4v) is 4.37. The van der Waals surface area contributed by atoms with Crippen molar-refractivity contribution in [3.8, 4) is 11.3 Å². The van der Waals surface area contributed by atoms with E-state index in [9.17, 15) is 22.0 Å². The molecule has 4 aromatic rings. The SMILES string of the molecule is Cc1nn(C)c2nc(-c3ccccc3)cc(C(=O)Nc3ccccc3S(=O)(=O)C(F)F)c12. The molecular formula is C22H18F2N4O3S. The number of halogens is 2. The summed E-state index contributed by atoms with van der Waals surface area (Å²) in [7, 11) is -3.21. The number of sulfone groups is 1. The lowest BCUT2D eigenvalue weighted by Gasteiger charge is -2.13. The molecule has 0 aliphatic rings. The number of fused-ring (bicyclic) bond motifs is 1. The molecule has 1 amide bonds. The third kappa shape index (κ3) is 3.73. The van der Waals surface area contributed by atoms with Crippen LogP contribution in [-0.2, 0) is 16.9 Å². The second-order valence-corrected chi connectivity index (χ2v) is 8.97. The standard InChI is InChI=1S/C22H18F2N4O3S/c1-13-19-15(12-17(14-8-4-3-5-9-14)25-20(19)28(2)27-13)21(29)26-16-10-6-7-11-18(16)32(30,31)22(23)24/h3-12,22H,1-2H3,(H,26,29). The second kappa shape index (κ2) is 8.12. The summed E-state index contributed by atoms with van der Waals surface area (Å²) in [5.41, 5.74) is 2.26. The summed E-state index contributed by atoms with van der Waals surface area (Å²) in [4.78, 5) is 17.2. The van der Waals surface area contributed by atoms with Crippen molar-refractivity contribution in [1.29, 1.82) is 0 Å². The number of benzene rings is 2. The molecule has 0 bridgehead atoms. The zero-order valence-corrected chi connectivity index (χ0v) is 17.9. The van der Waals surface area contributed by atoms with Gasteiger partial charge in [-0.25, -0.2) is 13.4 Å². The van der Waals surface area contributed by atoms with Crippen LogP contribution in [-0.4, -0.2) is 34.8 Å². The first-order chi connectivity index (χ1) is 15.2. The van der Waals surface area contributed by atoms with Crippen LogP contribution in [0.25, 0.3) is 22.3 Å². The fourth-order valence-electron chi connectivity index (χ4n) is 3.48. The highest BCUT2D eigenvalue weighted by Gasteiger charge is 2.30. The minimum absolute atomic E-state index is 0.198. The molecule has 0 saturated carbocycles. The average molecular weight is 456 g/mol. The van der Waals surface area contributed by atoms with E-state index in [1.54, 1.807) is 24.7 Å². The summed E-state index contributed by atoms with van der Waals surface area (Å²) >= 11 is 0. The monoisotopic (exact) mass is 456 g/mol. The Labute approximate surface area is 182 Å². The number of rotatable bonds is 5. The Bertz CT molecular complexity index is 1430. The molecule has 0 aliphatic heterocycles. The van der Waals surface area contributed by atoms with Gasteiger partial charge in [0.2, 0.25) is 9.84 Å². The highest BCUT2D eigenvalue weighted by atomic mass is 32.2. The summed E-state index contributed by atoms with van der Waals surface area (Å²) in [5, 5.41) is 7.30. The number of anilines is 1. The van der Waals surface area contributed by atoms with Crippen molar-refractivity contribution in [1.82, 2.24) is 14.8 Å². The van der Waals surface area contributed by atoms with Crippen molar-refractivity contribution in [2.24, 2.45) is 7.05 Å². The smallest absolute Gasteiger partial charge is 0.321 e. The first-order valence-corrected chi connectivity index (χ1v) is 11.1. The normalized spacial score (nSPS) is 11.8. The van der Waals surface area contributed by atoms with E-state index in [2.05, 4.69) is 15.4 Å². The van der Waals surface area contributed by atoms with E-state index in [1.807, 2.05) is 30.3 Å². The second-order valence-electron chi connectivity index (χ2n) is 7.08. The third-order valence-electron chi connectivity index (χ3n) is 4.96. The quantitative estimate of drug-likeness (QED) is 0.486. The van der Waals surface area contributed by atoms with E-state index in [4.69, 9.17) is 0 Å². The van der Waals surface area contributed by atoms with E-state index in [1.165, 1.54) is 18.2 Å². The summed E-state index contributed by atoms with van der Waals surface area (Å²) in [6.45, 7) is 1.72. The first kappa shape index (κ1) is 21.6. The van der Waals surface area contributed by atoms with Crippen LogP contribution in [0.4, 0.5) is 14.5 Å². The van der Waals surface area contributed by atoms with Gasteiger partial charge in [-0.15, -0.1) is 0 Å². The fraction of sp³-hybridized carbons (Fsp3) is 0.136. The Balaban J connectivity index is 1.85. The van der Waals surface area contributed by atoms with Crippen molar-refractivity contribution in [2.75, 3.05) is 5.32 Å². The molecule has 0 atom stereocenters. The van der Waals surface area contributed by atoms with Crippen LogP contribution in [0.5, 0.6) is 0 Å². The van der Waals surface area contributed by atoms with E-state index < -0.39 is 26.4 Å². The number of aromatic nitrogens is 3. The van der Waals surface area contributed by atoms with Crippen LogP contribution in [0.15, 0.2) is 65.6 Å². The minimum Gasteiger partial charge on any atom is -0.321 e. The van der Waals surface area contributed by atoms with E-state index in [0.29, 0.717) is 22.4 Å². The summed E-state index contributed by atoms with van der Waals surface area (Å²) in [6, 6.07) is 15.8. The van der Waals surface area contributed by atoms with Gasteiger partial charge in [-0.3, -0.25) is 9.48 Å². The predicted octanol–water partition coefficient (Wildman–Crippen LogP) is 4.19. The number of para-hydroxylation sites is 1. The average Bonchev–Trinajstić information content (AvgIpc) is 3.07. The van der Waals surface area contributed by atoms with Crippen LogP contribution in [0, 0.1) is 6.92 Å². The van der Waals surface area contributed by atoms with Crippen LogP contribution >= 0.6 is 0 Å². The van der Waals surface area contributed by atoms with Gasteiger partial charge in [0.1, 0.15) is 0 Å². The molecule has 4 rings (SSSR count). The van der Waals surface area contributed by atoms with Gasteiger partial charge in [-0.2, -0.15) is 13.9 Å². The first-order valence-electron chi connectivity index (χ1n) is 9.52. The lowest BCUT2D eigenvalue weighted by molar-refractivity contribution is 0.102. The Morgan fingerprint density at radius 1 is 1.06 bits per heavy atom. The Morgan fingerprint density at radius 2 is 1.72 bits per heavy atom. The summed E-state index contributed by atoms with van der Waals surface area (Å²) < 4.78 is 51.9. The molecule has 0 spiro atoms. The Morgan fingerprint density at radius 3 is 2.41 bits per heavy atom. The maximum Gasteiger partial charge on any atom is 0.341 e. The molecule has 1 N–H and O–H groups in total. The minimum atomic E-state index is -4.91. The molecule has 0 radical (unpaired) electrons. The van der Waals surface area contributed by atoms with Gasteiger partial charge < -0.3 is 5.32 Å². The molecule has 2 heterocycles. The van der Waals surface area contributed by atoms with Gasteiger partial charge in [-0.1, -0.05) is 42.5 Å². The zero-order valence-electron chi connectivity index (χ0n) is 17.1. The van der Waals surface area contributed by atoms with Crippen LogP contribution in [0.1, 0.15) is 16.1 Å². The largest absolute Gasteiger partial charge is 0.341 e. The number of nitrogens with one attached hydrogen (secondary N) is 1. The highest BCUT2D eigenvalue weighted by Crippen LogP contribution is 2.30. The van der Waals surface area contributed by atoms with Crippen molar-refractivity contribution < 1.29 is 22.0 Å². The lowest BCUT2D eigenvalue weighted by atomic mass is 10.0. The molecule has 0 saturated heterocycles. The van der Waals surface area contributed by atoms with Gasteiger partial charge in [0, 0.05) is 12.6 Å². The molecular weight excluding hydrogens is 438 g/mol. The number of carbonyl (C=O) groups excluding carboxylic acids is 1. The van der Waals surface area contributed by atoms with Crippen molar-refractivity contribution >= 4 is 32.5 Å². The van der Waals surface area contributed by atoms with Gasteiger partial charge >= 0.3 is 5.76 Å². The van der Waals surface area contributed by atoms with Crippen LogP contribution in [0.3, 0.4) is 0 Å². The number of nitrogens with zero attached hydrogens (tertiary/aromatic N) is 3. The number of alkyl halides is 2. The van der Waals surface area contributed by atoms with Crippen LogP contribution in [0.2, 0.25) is 0 Å². The topological polar surface area (TPSA) is 93.9 Å². The third-order valence-corrected chi connectivity index (χ3v) is 6.40. The number of aryl methyl sites for hydroxylation is 2. The van der Waals surface area contributed by atoms with Crippen molar-refractivity contribution in [3.63, 3.8) is 0 Å². The molecule has 0 fully saturated rings. The summed E-state index contributed by atoms with van der Waals surface area (Å²) in [5.74, 6) is -4.28. The molecule has 164 valence electrons. The molecule has 2 aromatic carbocycles. The number of hydrogen-bond donors (Lipinski definition) is 1. The molecule has 0 unspecified atom stereocenters. The van der Waals surface area contributed by atoms with E-state index in [0.717, 1.165) is 11.6 Å².